The lowest BCUT2D eigenvalue weighted by atomic mass is 10.1. The molecular formula is C13H19FN2. The second-order valence-electron chi connectivity index (χ2n) is 4.50. The standard InChI is InChI=1S/C13H19FN2/c1-10-4-3-7-16(10)13-6-5-11(9-15-2)8-12(13)14/h5-6,8,10,15H,3-4,7,9H2,1-2H3. The van der Waals surface area contributed by atoms with E-state index in [4.69, 9.17) is 0 Å². The molecule has 1 atom stereocenters. The Labute approximate surface area is 96.5 Å². The van der Waals surface area contributed by atoms with Crippen molar-refractivity contribution < 1.29 is 4.39 Å². The van der Waals surface area contributed by atoms with Gasteiger partial charge >= 0.3 is 0 Å². The van der Waals surface area contributed by atoms with E-state index in [9.17, 15) is 4.39 Å². The molecule has 1 aromatic rings. The van der Waals surface area contributed by atoms with E-state index in [1.807, 2.05) is 19.2 Å². The predicted octanol–water partition coefficient (Wildman–Crippen LogP) is 2.53. The molecule has 1 aromatic carbocycles. The van der Waals surface area contributed by atoms with Crippen LogP contribution in [-0.4, -0.2) is 19.6 Å². The number of nitrogens with zero attached hydrogens (tertiary/aromatic N) is 1. The smallest absolute Gasteiger partial charge is 0.146 e. The Kier molecular flexibility index (Phi) is 3.44. The summed E-state index contributed by atoms with van der Waals surface area (Å²) in [6, 6.07) is 6.00. The summed E-state index contributed by atoms with van der Waals surface area (Å²) >= 11 is 0. The largest absolute Gasteiger partial charge is 0.366 e. The number of halogens is 1. The number of rotatable bonds is 3. The van der Waals surface area contributed by atoms with E-state index >= 15 is 0 Å². The number of hydrogen-bond acceptors (Lipinski definition) is 2. The summed E-state index contributed by atoms with van der Waals surface area (Å²) < 4.78 is 13.9. The molecule has 1 aliphatic heterocycles. The van der Waals surface area contributed by atoms with Crippen molar-refractivity contribution in [3.05, 3.63) is 29.6 Å². The number of benzene rings is 1. The third kappa shape index (κ3) is 2.19. The van der Waals surface area contributed by atoms with Gasteiger partial charge in [-0.2, -0.15) is 0 Å². The molecule has 2 rings (SSSR count). The normalized spacial score (nSPS) is 20.4. The van der Waals surface area contributed by atoms with E-state index in [-0.39, 0.29) is 5.82 Å². The lowest BCUT2D eigenvalue weighted by Gasteiger charge is -2.24. The molecular weight excluding hydrogens is 203 g/mol. The van der Waals surface area contributed by atoms with E-state index in [0.29, 0.717) is 12.6 Å². The van der Waals surface area contributed by atoms with Crippen molar-refractivity contribution in [2.24, 2.45) is 0 Å². The van der Waals surface area contributed by atoms with Crippen molar-refractivity contribution in [3.8, 4) is 0 Å². The van der Waals surface area contributed by atoms with Gasteiger partial charge in [0.05, 0.1) is 5.69 Å². The monoisotopic (exact) mass is 222 g/mol. The fourth-order valence-corrected chi connectivity index (χ4v) is 2.39. The fraction of sp³-hybridized carbons (Fsp3) is 0.538. The number of nitrogens with one attached hydrogen (secondary N) is 1. The summed E-state index contributed by atoms with van der Waals surface area (Å²) in [5.41, 5.74) is 1.75. The molecule has 1 aliphatic rings. The first-order valence-corrected chi connectivity index (χ1v) is 5.92. The Hall–Kier alpha value is -1.09. The second-order valence-corrected chi connectivity index (χ2v) is 4.50. The van der Waals surface area contributed by atoms with Crippen LogP contribution in [0.15, 0.2) is 18.2 Å². The Morgan fingerprint density at radius 3 is 2.88 bits per heavy atom. The van der Waals surface area contributed by atoms with Crippen LogP contribution in [0, 0.1) is 5.82 Å². The van der Waals surface area contributed by atoms with Gasteiger partial charge < -0.3 is 10.2 Å². The van der Waals surface area contributed by atoms with Gasteiger partial charge in [-0.25, -0.2) is 4.39 Å². The average Bonchev–Trinajstić information content (AvgIpc) is 2.65. The molecule has 0 spiro atoms. The van der Waals surface area contributed by atoms with Crippen molar-refractivity contribution in [1.82, 2.24) is 5.32 Å². The van der Waals surface area contributed by atoms with Crippen molar-refractivity contribution >= 4 is 5.69 Å². The van der Waals surface area contributed by atoms with Crippen LogP contribution in [0.5, 0.6) is 0 Å². The Balaban J connectivity index is 2.21. The highest BCUT2D eigenvalue weighted by Crippen LogP contribution is 2.28. The summed E-state index contributed by atoms with van der Waals surface area (Å²) in [6.07, 6.45) is 2.33. The van der Waals surface area contributed by atoms with Gasteiger partial charge in [0.15, 0.2) is 0 Å². The molecule has 0 amide bonds. The molecule has 1 saturated heterocycles. The summed E-state index contributed by atoms with van der Waals surface area (Å²) in [4.78, 5) is 2.17. The molecule has 0 saturated carbocycles. The number of hydrogen-bond donors (Lipinski definition) is 1. The van der Waals surface area contributed by atoms with Crippen LogP contribution in [0.2, 0.25) is 0 Å². The van der Waals surface area contributed by atoms with Crippen molar-refractivity contribution in [2.45, 2.75) is 32.4 Å². The Morgan fingerprint density at radius 1 is 1.50 bits per heavy atom. The zero-order valence-electron chi connectivity index (χ0n) is 9.96. The highest BCUT2D eigenvalue weighted by atomic mass is 19.1. The maximum absolute atomic E-state index is 13.9. The van der Waals surface area contributed by atoms with Gasteiger partial charge in [0.2, 0.25) is 0 Å². The molecule has 1 heterocycles. The van der Waals surface area contributed by atoms with E-state index < -0.39 is 0 Å². The van der Waals surface area contributed by atoms with Crippen LogP contribution in [0.25, 0.3) is 0 Å². The van der Waals surface area contributed by atoms with Crippen LogP contribution < -0.4 is 10.2 Å². The van der Waals surface area contributed by atoms with Crippen molar-refractivity contribution in [2.75, 3.05) is 18.5 Å². The minimum absolute atomic E-state index is 0.0958. The zero-order valence-corrected chi connectivity index (χ0v) is 9.96. The molecule has 1 unspecified atom stereocenters. The minimum atomic E-state index is -0.0958. The van der Waals surface area contributed by atoms with Gasteiger partial charge in [-0.3, -0.25) is 0 Å². The van der Waals surface area contributed by atoms with E-state index in [2.05, 4.69) is 17.1 Å². The predicted molar refractivity (Wildman–Crippen MR) is 65.2 cm³/mol. The highest BCUT2D eigenvalue weighted by molar-refractivity contribution is 5.50. The van der Waals surface area contributed by atoms with Crippen LogP contribution in [0.3, 0.4) is 0 Å². The highest BCUT2D eigenvalue weighted by Gasteiger charge is 2.22. The van der Waals surface area contributed by atoms with Gasteiger partial charge in [-0.05, 0) is 44.5 Å². The van der Waals surface area contributed by atoms with Gasteiger partial charge in [-0.1, -0.05) is 6.07 Å². The first kappa shape index (κ1) is 11.4. The molecule has 1 N–H and O–H groups in total. The molecule has 0 aromatic heterocycles. The van der Waals surface area contributed by atoms with E-state index in [1.165, 1.54) is 6.42 Å². The Morgan fingerprint density at radius 2 is 2.31 bits per heavy atom. The number of anilines is 1. The molecule has 3 heteroatoms. The molecule has 16 heavy (non-hydrogen) atoms. The van der Waals surface area contributed by atoms with Crippen LogP contribution in [0.1, 0.15) is 25.3 Å². The molecule has 2 nitrogen and oxygen atoms in total. The van der Waals surface area contributed by atoms with Gasteiger partial charge in [0.1, 0.15) is 5.82 Å². The summed E-state index contributed by atoms with van der Waals surface area (Å²) in [6.45, 7) is 3.85. The summed E-state index contributed by atoms with van der Waals surface area (Å²) in [7, 11) is 1.87. The fourth-order valence-electron chi connectivity index (χ4n) is 2.39. The molecule has 1 fully saturated rings. The molecule has 0 bridgehead atoms. The average molecular weight is 222 g/mol. The van der Waals surface area contributed by atoms with Crippen LogP contribution in [0.4, 0.5) is 10.1 Å². The molecule has 88 valence electrons. The summed E-state index contributed by atoms with van der Waals surface area (Å²) in [5.74, 6) is -0.0958. The molecule has 0 aliphatic carbocycles. The third-order valence-electron chi connectivity index (χ3n) is 3.26. The SMILES string of the molecule is CNCc1ccc(N2CCCC2C)c(F)c1. The maximum Gasteiger partial charge on any atom is 0.146 e. The second kappa shape index (κ2) is 4.83. The summed E-state index contributed by atoms with van der Waals surface area (Å²) in [5, 5.41) is 3.03. The topological polar surface area (TPSA) is 15.3 Å². The minimum Gasteiger partial charge on any atom is -0.366 e. The van der Waals surface area contributed by atoms with Crippen LogP contribution >= 0.6 is 0 Å². The maximum atomic E-state index is 13.9. The first-order valence-electron chi connectivity index (χ1n) is 5.92. The third-order valence-corrected chi connectivity index (χ3v) is 3.26. The Bertz CT molecular complexity index is 365. The van der Waals surface area contributed by atoms with Gasteiger partial charge in [-0.15, -0.1) is 0 Å². The van der Waals surface area contributed by atoms with Gasteiger partial charge in [0, 0.05) is 19.1 Å². The van der Waals surface area contributed by atoms with Crippen LogP contribution in [-0.2, 0) is 6.54 Å². The first-order chi connectivity index (χ1) is 7.72. The lowest BCUT2D eigenvalue weighted by molar-refractivity contribution is 0.610. The van der Waals surface area contributed by atoms with Gasteiger partial charge in [0.25, 0.3) is 0 Å². The molecule has 0 radical (unpaired) electrons. The lowest BCUT2D eigenvalue weighted by Crippen LogP contribution is -2.27. The van der Waals surface area contributed by atoms with E-state index in [0.717, 1.165) is 24.2 Å². The zero-order chi connectivity index (χ0) is 11.5. The van der Waals surface area contributed by atoms with Crippen molar-refractivity contribution in [3.63, 3.8) is 0 Å². The quantitative estimate of drug-likeness (QED) is 0.845. The van der Waals surface area contributed by atoms with Crippen molar-refractivity contribution in [1.29, 1.82) is 0 Å². The van der Waals surface area contributed by atoms with E-state index in [1.54, 1.807) is 6.07 Å².